The maximum atomic E-state index is 6.27. The van der Waals surface area contributed by atoms with Gasteiger partial charge in [0.05, 0.1) is 13.7 Å². The SMILES string of the molecule is CCN1CCCC(COc2ccccc2CCCCc2cccc(OC)c2)C1.Cl. The van der Waals surface area contributed by atoms with E-state index in [1.54, 1.807) is 7.11 Å². The second-order valence-corrected chi connectivity index (χ2v) is 7.88. The van der Waals surface area contributed by atoms with E-state index in [9.17, 15) is 0 Å². The highest BCUT2D eigenvalue weighted by Gasteiger charge is 2.19. The Kier molecular flexibility index (Phi) is 10.4. The van der Waals surface area contributed by atoms with Crippen molar-refractivity contribution < 1.29 is 9.47 Å². The molecular weight excluding hydrogens is 382 g/mol. The number of methoxy groups -OCH3 is 1. The number of hydrogen-bond donors (Lipinski definition) is 0. The van der Waals surface area contributed by atoms with Crippen molar-refractivity contribution in [3.05, 3.63) is 59.7 Å². The predicted molar refractivity (Wildman–Crippen MR) is 124 cm³/mol. The van der Waals surface area contributed by atoms with Crippen molar-refractivity contribution in [2.45, 2.75) is 45.4 Å². The summed E-state index contributed by atoms with van der Waals surface area (Å²) < 4.78 is 11.6. The zero-order valence-corrected chi connectivity index (χ0v) is 18.8. The van der Waals surface area contributed by atoms with Crippen molar-refractivity contribution >= 4 is 12.4 Å². The van der Waals surface area contributed by atoms with Gasteiger partial charge in [-0.2, -0.15) is 0 Å². The van der Waals surface area contributed by atoms with Crippen LogP contribution < -0.4 is 9.47 Å². The predicted octanol–water partition coefficient (Wildman–Crippen LogP) is 5.79. The molecule has 0 saturated carbocycles. The van der Waals surface area contributed by atoms with Crippen LogP contribution in [0.15, 0.2) is 48.5 Å². The van der Waals surface area contributed by atoms with Crippen molar-refractivity contribution in [2.24, 2.45) is 5.92 Å². The van der Waals surface area contributed by atoms with E-state index in [0.29, 0.717) is 5.92 Å². The molecule has 0 bridgehead atoms. The number of aryl methyl sites for hydroxylation is 2. The Balaban J connectivity index is 0.00000300. The van der Waals surface area contributed by atoms with Gasteiger partial charge in [-0.3, -0.25) is 0 Å². The highest BCUT2D eigenvalue weighted by atomic mass is 35.5. The molecule has 1 atom stereocenters. The first kappa shape index (κ1) is 23.6. The quantitative estimate of drug-likeness (QED) is 0.456. The highest BCUT2D eigenvalue weighted by Crippen LogP contribution is 2.24. The molecule has 1 aliphatic heterocycles. The first-order valence-corrected chi connectivity index (χ1v) is 10.8. The molecule has 1 saturated heterocycles. The van der Waals surface area contributed by atoms with E-state index in [-0.39, 0.29) is 12.4 Å². The molecule has 3 rings (SSSR count). The second kappa shape index (κ2) is 12.8. The zero-order valence-electron chi connectivity index (χ0n) is 17.9. The van der Waals surface area contributed by atoms with Crippen LogP contribution in [0.25, 0.3) is 0 Å². The Morgan fingerprint density at radius 2 is 1.86 bits per heavy atom. The first-order chi connectivity index (χ1) is 13.8. The molecule has 0 spiro atoms. The third-order valence-electron chi connectivity index (χ3n) is 5.79. The van der Waals surface area contributed by atoms with Gasteiger partial charge >= 0.3 is 0 Å². The lowest BCUT2D eigenvalue weighted by Gasteiger charge is -2.31. The van der Waals surface area contributed by atoms with Crippen LogP contribution in [-0.4, -0.2) is 38.3 Å². The molecule has 1 aliphatic rings. The largest absolute Gasteiger partial charge is 0.497 e. The summed E-state index contributed by atoms with van der Waals surface area (Å²) in [6, 6.07) is 17.0. The summed E-state index contributed by atoms with van der Waals surface area (Å²) in [6.45, 7) is 6.68. The second-order valence-electron chi connectivity index (χ2n) is 7.88. The number of hydrogen-bond acceptors (Lipinski definition) is 3. The molecule has 4 heteroatoms. The number of halogens is 1. The molecule has 0 N–H and O–H groups in total. The van der Waals surface area contributed by atoms with Gasteiger partial charge in [-0.05, 0) is 80.9 Å². The van der Waals surface area contributed by atoms with Crippen LogP contribution in [0.3, 0.4) is 0 Å². The van der Waals surface area contributed by atoms with Crippen molar-refractivity contribution in [3.63, 3.8) is 0 Å². The van der Waals surface area contributed by atoms with E-state index in [2.05, 4.69) is 54.3 Å². The lowest BCUT2D eigenvalue weighted by molar-refractivity contribution is 0.134. The lowest BCUT2D eigenvalue weighted by Crippen LogP contribution is -2.37. The van der Waals surface area contributed by atoms with Gasteiger partial charge in [-0.1, -0.05) is 37.3 Å². The van der Waals surface area contributed by atoms with Gasteiger partial charge in [0.25, 0.3) is 0 Å². The molecule has 0 aliphatic carbocycles. The molecule has 2 aromatic carbocycles. The summed E-state index contributed by atoms with van der Waals surface area (Å²) in [5.41, 5.74) is 2.69. The number of likely N-dealkylation sites (tertiary alicyclic amines) is 1. The maximum Gasteiger partial charge on any atom is 0.122 e. The van der Waals surface area contributed by atoms with Crippen molar-refractivity contribution in [3.8, 4) is 11.5 Å². The van der Waals surface area contributed by atoms with Gasteiger partial charge < -0.3 is 14.4 Å². The van der Waals surface area contributed by atoms with E-state index >= 15 is 0 Å². The molecule has 3 nitrogen and oxygen atoms in total. The van der Waals surface area contributed by atoms with Crippen LogP contribution >= 0.6 is 12.4 Å². The molecule has 1 fully saturated rings. The summed E-state index contributed by atoms with van der Waals surface area (Å²) >= 11 is 0. The van der Waals surface area contributed by atoms with Gasteiger partial charge in [-0.15, -0.1) is 12.4 Å². The summed E-state index contributed by atoms with van der Waals surface area (Å²) in [7, 11) is 1.73. The number of ether oxygens (including phenoxy) is 2. The zero-order chi connectivity index (χ0) is 19.6. The summed E-state index contributed by atoms with van der Waals surface area (Å²) in [5, 5.41) is 0. The Hall–Kier alpha value is -1.71. The Morgan fingerprint density at radius 3 is 2.69 bits per heavy atom. The summed E-state index contributed by atoms with van der Waals surface area (Å²) in [6.07, 6.45) is 7.11. The molecule has 0 amide bonds. The normalized spacial score (nSPS) is 16.8. The van der Waals surface area contributed by atoms with Gasteiger partial charge in [0.2, 0.25) is 0 Å². The van der Waals surface area contributed by atoms with Crippen molar-refractivity contribution in [1.82, 2.24) is 4.90 Å². The lowest BCUT2D eigenvalue weighted by atomic mass is 9.99. The molecule has 0 radical (unpaired) electrons. The van der Waals surface area contributed by atoms with Crippen LogP contribution in [0.2, 0.25) is 0 Å². The number of nitrogens with zero attached hydrogens (tertiary/aromatic N) is 1. The molecule has 29 heavy (non-hydrogen) atoms. The number of para-hydroxylation sites is 1. The average Bonchev–Trinajstić information content (AvgIpc) is 2.76. The molecular formula is C25H36ClNO2. The topological polar surface area (TPSA) is 21.7 Å². The molecule has 1 heterocycles. The Bertz CT molecular complexity index is 721. The standard InChI is InChI=1S/C25H35NO2.ClH/c1-3-26-17-9-12-22(19-26)20-28-25-16-7-6-14-23(25)13-5-4-10-21-11-8-15-24(18-21)27-2;/h6-8,11,14-16,18,22H,3-5,9-10,12-13,17,19-20H2,1-2H3;1H. The molecule has 2 aromatic rings. The summed E-state index contributed by atoms with van der Waals surface area (Å²) in [4.78, 5) is 2.54. The number of piperidine rings is 1. The summed E-state index contributed by atoms with van der Waals surface area (Å²) in [5.74, 6) is 2.69. The fraction of sp³-hybridized carbons (Fsp3) is 0.520. The fourth-order valence-corrected chi connectivity index (χ4v) is 4.11. The number of unbranched alkanes of at least 4 members (excludes halogenated alkanes) is 1. The monoisotopic (exact) mass is 417 g/mol. The van der Waals surface area contributed by atoms with E-state index in [1.165, 1.54) is 49.9 Å². The third-order valence-corrected chi connectivity index (χ3v) is 5.79. The highest BCUT2D eigenvalue weighted by molar-refractivity contribution is 5.85. The molecule has 0 aromatic heterocycles. The van der Waals surface area contributed by atoms with Crippen LogP contribution in [0.1, 0.15) is 43.7 Å². The Labute approximate surface area is 182 Å². The van der Waals surface area contributed by atoms with Gasteiger partial charge in [0, 0.05) is 12.5 Å². The van der Waals surface area contributed by atoms with Crippen LogP contribution in [0, 0.1) is 5.92 Å². The first-order valence-electron chi connectivity index (χ1n) is 10.8. The molecule has 160 valence electrons. The van der Waals surface area contributed by atoms with Crippen molar-refractivity contribution in [2.75, 3.05) is 33.4 Å². The minimum Gasteiger partial charge on any atom is -0.497 e. The third kappa shape index (κ3) is 7.56. The van der Waals surface area contributed by atoms with Crippen LogP contribution in [0.4, 0.5) is 0 Å². The van der Waals surface area contributed by atoms with E-state index in [0.717, 1.165) is 37.5 Å². The number of rotatable bonds is 10. The van der Waals surface area contributed by atoms with E-state index in [1.807, 2.05) is 6.07 Å². The van der Waals surface area contributed by atoms with Gasteiger partial charge in [-0.25, -0.2) is 0 Å². The van der Waals surface area contributed by atoms with E-state index in [4.69, 9.17) is 9.47 Å². The molecule has 1 unspecified atom stereocenters. The maximum absolute atomic E-state index is 6.27. The number of benzene rings is 2. The van der Waals surface area contributed by atoms with Gasteiger partial charge in [0.1, 0.15) is 11.5 Å². The minimum absolute atomic E-state index is 0. The van der Waals surface area contributed by atoms with Crippen LogP contribution in [-0.2, 0) is 12.8 Å². The average molecular weight is 418 g/mol. The minimum atomic E-state index is 0. The van der Waals surface area contributed by atoms with Gasteiger partial charge in [0.15, 0.2) is 0 Å². The Morgan fingerprint density at radius 1 is 1.03 bits per heavy atom. The van der Waals surface area contributed by atoms with Crippen LogP contribution in [0.5, 0.6) is 11.5 Å². The fourth-order valence-electron chi connectivity index (χ4n) is 4.11. The van der Waals surface area contributed by atoms with Crippen molar-refractivity contribution in [1.29, 1.82) is 0 Å². The smallest absolute Gasteiger partial charge is 0.122 e. The van der Waals surface area contributed by atoms with E-state index < -0.39 is 0 Å².